The first-order chi connectivity index (χ1) is 7.70. The molecule has 0 spiro atoms. The van der Waals surface area contributed by atoms with E-state index in [4.69, 9.17) is 15.8 Å². The van der Waals surface area contributed by atoms with E-state index < -0.39 is 7.12 Å². The van der Waals surface area contributed by atoms with Gasteiger partial charge in [0.25, 0.3) is 0 Å². The van der Waals surface area contributed by atoms with Gasteiger partial charge in [-0.1, -0.05) is 36.4 Å². The van der Waals surface area contributed by atoms with Gasteiger partial charge in [0.05, 0.1) is 0 Å². The van der Waals surface area contributed by atoms with Gasteiger partial charge in [-0.05, 0) is 34.8 Å². The lowest BCUT2D eigenvalue weighted by atomic mass is 9.79. The quantitative estimate of drug-likeness (QED) is 0.632. The van der Waals surface area contributed by atoms with E-state index in [0.29, 0.717) is 12.0 Å². The van der Waals surface area contributed by atoms with Crippen molar-refractivity contribution < 1.29 is 10.0 Å². The molecule has 0 unspecified atom stereocenters. The van der Waals surface area contributed by atoms with Crippen molar-refractivity contribution >= 4 is 23.4 Å². The summed E-state index contributed by atoms with van der Waals surface area (Å²) >= 11 is 0. The molecule has 0 amide bonds. The van der Waals surface area contributed by atoms with Gasteiger partial charge >= 0.3 is 7.12 Å². The molecule has 0 aliphatic rings. The molecule has 0 saturated carbocycles. The first-order valence-electron chi connectivity index (χ1n) is 5.29. The summed E-state index contributed by atoms with van der Waals surface area (Å²) in [5.41, 5.74) is 7.22. The average Bonchev–Trinajstić information content (AvgIpc) is 2.28. The Hall–Kier alpha value is -1.36. The highest BCUT2D eigenvalue weighted by Crippen LogP contribution is 2.15. The molecule has 2 rings (SSSR count). The topological polar surface area (TPSA) is 66.5 Å². The predicted molar refractivity (Wildman–Crippen MR) is 66.5 cm³/mol. The maximum atomic E-state index is 9.06. The monoisotopic (exact) mass is 215 g/mol. The van der Waals surface area contributed by atoms with Gasteiger partial charge in [0, 0.05) is 0 Å². The molecule has 0 radical (unpaired) electrons. The Balaban J connectivity index is 2.44. The first-order valence-corrected chi connectivity index (χ1v) is 5.29. The van der Waals surface area contributed by atoms with E-state index in [1.807, 2.05) is 18.2 Å². The van der Waals surface area contributed by atoms with E-state index in [0.717, 1.165) is 17.2 Å². The molecule has 16 heavy (non-hydrogen) atoms. The van der Waals surface area contributed by atoms with Crippen LogP contribution in [0.25, 0.3) is 10.8 Å². The molecular formula is C12H14BNO2. The van der Waals surface area contributed by atoms with Gasteiger partial charge in [-0.2, -0.15) is 0 Å². The Morgan fingerprint density at radius 2 is 1.69 bits per heavy atom. The van der Waals surface area contributed by atoms with Crippen molar-refractivity contribution in [1.82, 2.24) is 0 Å². The third-order valence-electron chi connectivity index (χ3n) is 2.66. The minimum Gasteiger partial charge on any atom is -0.423 e. The summed E-state index contributed by atoms with van der Waals surface area (Å²) in [6.45, 7) is 0.638. The SMILES string of the molecule is NCCc1ccc2cc(B(O)O)ccc2c1. The third-order valence-corrected chi connectivity index (χ3v) is 2.66. The van der Waals surface area contributed by atoms with Crippen LogP contribution in [0, 0.1) is 0 Å². The largest absolute Gasteiger partial charge is 0.488 e. The Morgan fingerprint density at radius 3 is 2.38 bits per heavy atom. The van der Waals surface area contributed by atoms with E-state index in [2.05, 4.69) is 6.07 Å². The van der Waals surface area contributed by atoms with Crippen LogP contribution in [0.1, 0.15) is 5.56 Å². The molecule has 0 aliphatic carbocycles. The summed E-state index contributed by atoms with van der Waals surface area (Å²) in [6, 6.07) is 11.5. The Morgan fingerprint density at radius 1 is 1.00 bits per heavy atom. The van der Waals surface area contributed by atoms with Crippen LogP contribution in [0.15, 0.2) is 36.4 Å². The van der Waals surface area contributed by atoms with Crippen molar-refractivity contribution in [3.8, 4) is 0 Å². The Labute approximate surface area is 94.7 Å². The molecule has 0 saturated heterocycles. The van der Waals surface area contributed by atoms with Crippen LogP contribution < -0.4 is 11.2 Å². The molecule has 0 atom stereocenters. The summed E-state index contributed by atoms with van der Waals surface area (Å²) < 4.78 is 0. The molecule has 2 aromatic rings. The maximum absolute atomic E-state index is 9.06. The normalized spacial score (nSPS) is 10.7. The number of benzene rings is 2. The first kappa shape index (κ1) is 11.1. The lowest BCUT2D eigenvalue weighted by Gasteiger charge is -2.05. The zero-order chi connectivity index (χ0) is 11.5. The molecular weight excluding hydrogens is 201 g/mol. The molecule has 0 aromatic heterocycles. The van der Waals surface area contributed by atoms with E-state index in [1.165, 1.54) is 5.56 Å². The molecule has 4 heteroatoms. The molecule has 2 aromatic carbocycles. The van der Waals surface area contributed by atoms with Crippen LogP contribution >= 0.6 is 0 Å². The second-order valence-corrected chi connectivity index (χ2v) is 3.85. The number of hydrogen-bond donors (Lipinski definition) is 3. The van der Waals surface area contributed by atoms with Gasteiger partial charge in [-0.15, -0.1) is 0 Å². The van der Waals surface area contributed by atoms with Crippen molar-refractivity contribution in [2.45, 2.75) is 6.42 Å². The van der Waals surface area contributed by atoms with Crippen LogP contribution in [0.2, 0.25) is 0 Å². The lowest BCUT2D eigenvalue weighted by molar-refractivity contribution is 0.426. The highest BCUT2D eigenvalue weighted by molar-refractivity contribution is 6.58. The molecule has 82 valence electrons. The zero-order valence-electron chi connectivity index (χ0n) is 8.93. The van der Waals surface area contributed by atoms with E-state index in [1.54, 1.807) is 12.1 Å². The highest BCUT2D eigenvalue weighted by atomic mass is 16.4. The van der Waals surface area contributed by atoms with E-state index >= 15 is 0 Å². The van der Waals surface area contributed by atoms with Crippen LogP contribution in [0.4, 0.5) is 0 Å². The van der Waals surface area contributed by atoms with Gasteiger partial charge < -0.3 is 15.8 Å². The van der Waals surface area contributed by atoms with Crippen molar-refractivity contribution in [3.63, 3.8) is 0 Å². The zero-order valence-corrected chi connectivity index (χ0v) is 8.93. The second-order valence-electron chi connectivity index (χ2n) is 3.85. The molecule has 0 aliphatic heterocycles. The minimum absolute atomic E-state index is 0.513. The van der Waals surface area contributed by atoms with Gasteiger partial charge in [0.15, 0.2) is 0 Å². The molecule has 0 bridgehead atoms. The van der Waals surface area contributed by atoms with Crippen LogP contribution in [0.3, 0.4) is 0 Å². The summed E-state index contributed by atoms with van der Waals surface area (Å²) in [5, 5.41) is 20.2. The Kier molecular flexibility index (Phi) is 3.24. The van der Waals surface area contributed by atoms with E-state index in [-0.39, 0.29) is 0 Å². The number of hydrogen-bond acceptors (Lipinski definition) is 3. The summed E-state index contributed by atoms with van der Waals surface area (Å²) in [6.07, 6.45) is 0.861. The average molecular weight is 215 g/mol. The maximum Gasteiger partial charge on any atom is 0.488 e. The fraction of sp³-hybridized carbons (Fsp3) is 0.167. The van der Waals surface area contributed by atoms with Crippen LogP contribution in [-0.2, 0) is 6.42 Å². The van der Waals surface area contributed by atoms with Crippen molar-refractivity contribution in [1.29, 1.82) is 0 Å². The number of rotatable bonds is 3. The smallest absolute Gasteiger partial charge is 0.423 e. The van der Waals surface area contributed by atoms with Gasteiger partial charge in [-0.3, -0.25) is 0 Å². The third kappa shape index (κ3) is 2.24. The lowest BCUT2D eigenvalue weighted by Crippen LogP contribution is -2.29. The van der Waals surface area contributed by atoms with E-state index in [9.17, 15) is 0 Å². The van der Waals surface area contributed by atoms with Gasteiger partial charge in [-0.25, -0.2) is 0 Å². The summed E-state index contributed by atoms with van der Waals surface area (Å²) in [4.78, 5) is 0. The summed E-state index contributed by atoms with van der Waals surface area (Å²) in [5.74, 6) is 0. The van der Waals surface area contributed by atoms with Crippen molar-refractivity contribution in [2.75, 3.05) is 6.54 Å². The summed E-state index contributed by atoms with van der Waals surface area (Å²) in [7, 11) is -1.41. The highest BCUT2D eigenvalue weighted by Gasteiger charge is 2.10. The predicted octanol–water partition coefficient (Wildman–Crippen LogP) is 0.0208. The fourth-order valence-electron chi connectivity index (χ4n) is 1.80. The number of fused-ring (bicyclic) bond motifs is 1. The van der Waals surface area contributed by atoms with Gasteiger partial charge in [0.2, 0.25) is 0 Å². The van der Waals surface area contributed by atoms with Crippen LogP contribution in [0.5, 0.6) is 0 Å². The second kappa shape index (κ2) is 4.66. The minimum atomic E-state index is -1.41. The molecule has 0 fully saturated rings. The Bertz CT molecular complexity index is 499. The van der Waals surface area contributed by atoms with Crippen molar-refractivity contribution in [3.05, 3.63) is 42.0 Å². The molecule has 4 N–H and O–H groups in total. The number of nitrogens with two attached hydrogens (primary N) is 1. The van der Waals surface area contributed by atoms with Gasteiger partial charge in [0.1, 0.15) is 0 Å². The fourth-order valence-corrected chi connectivity index (χ4v) is 1.80. The molecule has 0 heterocycles. The van der Waals surface area contributed by atoms with Crippen LogP contribution in [-0.4, -0.2) is 23.7 Å². The standard InChI is InChI=1S/C12H14BNO2/c14-6-5-9-1-2-11-8-12(13(15)16)4-3-10(11)7-9/h1-4,7-8,15-16H,5-6,14H2. The van der Waals surface area contributed by atoms with Crippen molar-refractivity contribution in [2.24, 2.45) is 5.73 Å². The molecule has 3 nitrogen and oxygen atoms in total.